The molecule has 0 N–H and O–H groups in total. The molecule has 0 bridgehead atoms. The molecule has 2 aromatic carbocycles. The average molecular weight is 328 g/mol. The van der Waals surface area contributed by atoms with E-state index in [4.69, 9.17) is 16.3 Å². The van der Waals surface area contributed by atoms with Crippen molar-refractivity contribution >= 4 is 29.4 Å². The molecule has 0 amide bonds. The average Bonchev–Trinajstić information content (AvgIpc) is 2.87. The van der Waals surface area contributed by atoms with E-state index in [1.165, 1.54) is 0 Å². The van der Waals surface area contributed by atoms with Crippen LogP contribution in [0.25, 0.3) is 6.08 Å². The van der Waals surface area contributed by atoms with Crippen LogP contribution in [0, 0.1) is 0 Å². The summed E-state index contributed by atoms with van der Waals surface area (Å²) in [5.74, 6) is 0.139. The highest BCUT2D eigenvalue weighted by molar-refractivity contribution is 6.32. The number of hydrogen-bond acceptors (Lipinski definition) is 4. The number of oxime groups is 1. The summed E-state index contributed by atoms with van der Waals surface area (Å²) in [5, 5.41) is 4.12. The van der Waals surface area contributed by atoms with Crippen molar-refractivity contribution in [3.63, 3.8) is 0 Å². The summed E-state index contributed by atoms with van der Waals surface area (Å²) in [6.07, 6.45) is 1.70. The molecule has 5 heteroatoms. The first-order valence-corrected chi connectivity index (χ1v) is 7.45. The Balaban J connectivity index is 1.75. The Hall–Kier alpha value is -2.59. The Morgan fingerprint density at radius 1 is 1.22 bits per heavy atom. The van der Waals surface area contributed by atoms with Crippen molar-refractivity contribution in [2.45, 2.75) is 13.5 Å². The third-order valence-corrected chi connectivity index (χ3v) is 3.67. The quantitative estimate of drug-likeness (QED) is 0.623. The minimum Gasteiger partial charge on any atom is -0.487 e. The standard InChI is InChI=1S/C18H14ClNO3/c1-12-15(18(21)23-20-12)9-14-7-8-17(16(19)10-14)22-11-13-5-3-2-4-6-13/h2-10H,11H2,1H3/b15-9+. The monoisotopic (exact) mass is 327 g/mol. The third kappa shape index (κ3) is 3.60. The molecular weight excluding hydrogens is 314 g/mol. The Bertz CT molecular complexity index is 797. The Kier molecular flexibility index (Phi) is 4.44. The lowest BCUT2D eigenvalue weighted by molar-refractivity contribution is -0.136. The van der Waals surface area contributed by atoms with Gasteiger partial charge < -0.3 is 9.57 Å². The minimum absolute atomic E-state index is 0.430. The van der Waals surface area contributed by atoms with Crippen molar-refractivity contribution in [3.8, 4) is 5.75 Å². The molecule has 116 valence electrons. The number of rotatable bonds is 4. The topological polar surface area (TPSA) is 47.9 Å². The molecule has 0 radical (unpaired) electrons. The summed E-state index contributed by atoms with van der Waals surface area (Å²) >= 11 is 6.25. The zero-order valence-electron chi connectivity index (χ0n) is 12.5. The van der Waals surface area contributed by atoms with E-state index in [0.717, 1.165) is 11.1 Å². The second kappa shape index (κ2) is 6.67. The fourth-order valence-electron chi connectivity index (χ4n) is 2.15. The molecule has 0 aromatic heterocycles. The van der Waals surface area contributed by atoms with Crippen LogP contribution < -0.4 is 4.74 Å². The van der Waals surface area contributed by atoms with Gasteiger partial charge in [0.05, 0.1) is 16.3 Å². The van der Waals surface area contributed by atoms with Crippen molar-refractivity contribution in [2.75, 3.05) is 0 Å². The largest absolute Gasteiger partial charge is 0.487 e. The van der Waals surface area contributed by atoms with E-state index in [0.29, 0.717) is 28.7 Å². The summed E-state index contributed by atoms with van der Waals surface area (Å²) in [4.78, 5) is 16.2. The summed E-state index contributed by atoms with van der Waals surface area (Å²) in [5.41, 5.74) is 2.83. The smallest absolute Gasteiger partial charge is 0.367 e. The first-order valence-electron chi connectivity index (χ1n) is 7.08. The van der Waals surface area contributed by atoms with E-state index >= 15 is 0 Å². The van der Waals surface area contributed by atoms with Crippen LogP contribution in [0.4, 0.5) is 0 Å². The zero-order chi connectivity index (χ0) is 16.2. The van der Waals surface area contributed by atoms with Gasteiger partial charge in [0.1, 0.15) is 12.4 Å². The van der Waals surface area contributed by atoms with Crippen molar-refractivity contribution in [3.05, 3.63) is 70.3 Å². The number of nitrogens with zero attached hydrogens (tertiary/aromatic N) is 1. The molecule has 1 heterocycles. The summed E-state index contributed by atoms with van der Waals surface area (Å²) in [6, 6.07) is 15.2. The maximum Gasteiger partial charge on any atom is 0.367 e. The second-order valence-electron chi connectivity index (χ2n) is 5.08. The van der Waals surface area contributed by atoms with Gasteiger partial charge >= 0.3 is 5.97 Å². The molecule has 0 atom stereocenters. The number of benzene rings is 2. The van der Waals surface area contributed by atoms with Gasteiger partial charge in [-0.05, 0) is 36.3 Å². The molecule has 1 aliphatic heterocycles. The van der Waals surface area contributed by atoms with Crippen molar-refractivity contribution in [1.82, 2.24) is 0 Å². The molecular formula is C18H14ClNO3. The van der Waals surface area contributed by atoms with Crippen LogP contribution in [0.1, 0.15) is 18.1 Å². The molecule has 1 aliphatic rings. The molecule has 0 spiro atoms. The maximum absolute atomic E-state index is 11.5. The van der Waals surface area contributed by atoms with Gasteiger partial charge in [-0.25, -0.2) is 4.79 Å². The second-order valence-corrected chi connectivity index (χ2v) is 5.48. The highest BCUT2D eigenvalue weighted by Gasteiger charge is 2.21. The highest BCUT2D eigenvalue weighted by Crippen LogP contribution is 2.28. The van der Waals surface area contributed by atoms with Crippen LogP contribution >= 0.6 is 11.6 Å². The first-order chi connectivity index (χ1) is 11.1. The maximum atomic E-state index is 11.5. The summed E-state index contributed by atoms with van der Waals surface area (Å²) in [6.45, 7) is 2.16. The highest BCUT2D eigenvalue weighted by atomic mass is 35.5. The van der Waals surface area contributed by atoms with Gasteiger partial charge in [0.2, 0.25) is 0 Å². The molecule has 0 saturated heterocycles. The molecule has 4 nitrogen and oxygen atoms in total. The normalized spacial score (nSPS) is 15.5. The van der Waals surface area contributed by atoms with Gasteiger partial charge in [-0.3, -0.25) is 0 Å². The number of ether oxygens (including phenoxy) is 1. The minimum atomic E-state index is -0.456. The molecule has 0 unspecified atom stereocenters. The van der Waals surface area contributed by atoms with Gasteiger partial charge in [0.15, 0.2) is 0 Å². The predicted molar refractivity (Wildman–Crippen MR) is 89.4 cm³/mol. The number of carbonyl (C=O) groups excluding carboxylic acids is 1. The van der Waals surface area contributed by atoms with Crippen LogP contribution in [0.3, 0.4) is 0 Å². The van der Waals surface area contributed by atoms with Crippen molar-refractivity contribution in [2.24, 2.45) is 5.16 Å². The molecule has 23 heavy (non-hydrogen) atoms. The summed E-state index contributed by atoms with van der Waals surface area (Å²) < 4.78 is 5.72. The number of halogens is 1. The Labute approximate surface area is 139 Å². The van der Waals surface area contributed by atoms with E-state index in [2.05, 4.69) is 9.99 Å². The molecule has 0 aliphatic carbocycles. The van der Waals surface area contributed by atoms with Crippen LogP contribution in [0.5, 0.6) is 5.75 Å². The zero-order valence-corrected chi connectivity index (χ0v) is 13.2. The number of hydrogen-bond donors (Lipinski definition) is 0. The molecule has 0 saturated carbocycles. The van der Waals surface area contributed by atoms with Gasteiger partial charge in [0.25, 0.3) is 0 Å². The molecule has 2 aromatic rings. The van der Waals surface area contributed by atoms with Crippen LogP contribution in [0.15, 0.2) is 59.3 Å². The van der Waals surface area contributed by atoms with Crippen LogP contribution in [-0.2, 0) is 16.2 Å². The van der Waals surface area contributed by atoms with E-state index in [9.17, 15) is 4.79 Å². The fraction of sp³-hybridized carbons (Fsp3) is 0.111. The van der Waals surface area contributed by atoms with Gasteiger partial charge in [-0.15, -0.1) is 0 Å². The lowest BCUT2D eigenvalue weighted by atomic mass is 10.1. The lowest BCUT2D eigenvalue weighted by Crippen LogP contribution is -2.01. The number of carbonyl (C=O) groups is 1. The first kappa shape index (κ1) is 15.3. The van der Waals surface area contributed by atoms with Crippen LogP contribution in [-0.4, -0.2) is 11.7 Å². The van der Waals surface area contributed by atoms with Crippen molar-refractivity contribution < 1.29 is 14.4 Å². The van der Waals surface area contributed by atoms with Gasteiger partial charge in [-0.2, -0.15) is 0 Å². The predicted octanol–water partition coefficient (Wildman–Crippen LogP) is 4.24. The third-order valence-electron chi connectivity index (χ3n) is 3.38. The van der Waals surface area contributed by atoms with E-state index < -0.39 is 5.97 Å². The lowest BCUT2D eigenvalue weighted by Gasteiger charge is -2.09. The SMILES string of the molecule is CC1=NOC(=O)/C1=C/c1ccc(OCc2ccccc2)c(Cl)c1. The van der Waals surface area contributed by atoms with Crippen LogP contribution in [0.2, 0.25) is 5.02 Å². The fourth-order valence-corrected chi connectivity index (χ4v) is 2.39. The van der Waals surface area contributed by atoms with E-state index in [1.54, 1.807) is 25.1 Å². The Morgan fingerprint density at radius 2 is 2.00 bits per heavy atom. The molecule has 0 fully saturated rings. The van der Waals surface area contributed by atoms with Gasteiger partial charge in [-0.1, -0.05) is 53.2 Å². The van der Waals surface area contributed by atoms with E-state index in [-0.39, 0.29) is 0 Å². The Morgan fingerprint density at radius 3 is 2.65 bits per heavy atom. The van der Waals surface area contributed by atoms with Gasteiger partial charge in [0, 0.05) is 0 Å². The molecule has 3 rings (SSSR count). The summed E-state index contributed by atoms with van der Waals surface area (Å²) in [7, 11) is 0. The van der Waals surface area contributed by atoms with Crippen molar-refractivity contribution in [1.29, 1.82) is 0 Å². The van der Waals surface area contributed by atoms with E-state index in [1.807, 2.05) is 36.4 Å².